The Morgan fingerprint density at radius 1 is 1.17 bits per heavy atom. The summed E-state index contributed by atoms with van der Waals surface area (Å²) in [7, 11) is -3.65. The molecule has 9 heteroatoms. The Bertz CT molecular complexity index is 1450. The lowest BCUT2D eigenvalue weighted by atomic mass is 9.98. The van der Waals surface area contributed by atoms with E-state index < -0.39 is 9.84 Å². The maximum Gasteiger partial charge on any atom is 0.194 e. The van der Waals surface area contributed by atoms with Crippen LogP contribution in [0.1, 0.15) is 22.8 Å². The molecule has 0 spiro atoms. The third-order valence-electron chi connectivity index (χ3n) is 6.04. The van der Waals surface area contributed by atoms with Crippen LogP contribution in [0.3, 0.4) is 0 Å². The van der Waals surface area contributed by atoms with Gasteiger partial charge in [-0.05, 0) is 41.8 Å². The number of ether oxygens (including phenoxy) is 1. The summed E-state index contributed by atoms with van der Waals surface area (Å²) in [6.07, 6.45) is 3.47. The number of H-pyrrole nitrogens is 1. The van der Waals surface area contributed by atoms with Gasteiger partial charge in [-0.25, -0.2) is 8.42 Å². The molecule has 180 valence electrons. The Balaban J connectivity index is 1.46. The standard InChI is InChI=1S/C26H25N3O4S2/c1-2-35(31,32)26-24(25(30)19-15-29(34-17-19)20-9-6-12-27-14-20)22-11-10-21(13-23(22)28-26)33-16-18-7-4-3-5-8-18/h3-14,19,28H,2,15-17H2,1H3. The zero-order valence-electron chi connectivity index (χ0n) is 19.2. The van der Waals surface area contributed by atoms with Gasteiger partial charge in [0.2, 0.25) is 0 Å². The third-order valence-corrected chi connectivity index (χ3v) is 8.96. The SMILES string of the molecule is CCS(=O)(=O)c1[nH]c2cc(OCc3ccccc3)ccc2c1C(=O)C1CSN(c2cccnc2)C1. The van der Waals surface area contributed by atoms with Gasteiger partial charge in [-0.15, -0.1) is 0 Å². The molecule has 1 atom stereocenters. The molecule has 35 heavy (non-hydrogen) atoms. The number of sulfone groups is 1. The number of nitrogens with one attached hydrogen (secondary N) is 1. The van der Waals surface area contributed by atoms with Crippen LogP contribution >= 0.6 is 11.9 Å². The van der Waals surface area contributed by atoms with Gasteiger partial charge in [0.1, 0.15) is 17.4 Å². The van der Waals surface area contributed by atoms with Gasteiger partial charge in [0.15, 0.2) is 15.6 Å². The van der Waals surface area contributed by atoms with E-state index >= 15 is 0 Å². The van der Waals surface area contributed by atoms with Crippen molar-refractivity contribution in [3.05, 3.63) is 84.2 Å². The molecule has 7 nitrogen and oxygen atoms in total. The molecule has 3 heterocycles. The normalized spacial score (nSPS) is 16.0. The fourth-order valence-corrected chi connectivity index (χ4v) is 6.37. The molecule has 0 saturated carbocycles. The predicted molar refractivity (Wildman–Crippen MR) is 139 cm³/mol. The summed E-state index contributed by atoms with van der Waals surface area (Å²) in [6, 6.07) is 18.9. The number of carbonyl (C=O) groups is 1. The first-order valence-electron chi connectivity index (χ1n) is 11.4. The number of aromatic nitrogens is 2. The second kappa shape index (κ2) is 9.75. The highest BCUT2D eigenvalue weighted by Crippen LogP contribution is 2.36. The fourth-order valence-electron chi connectivity index (χ4n) is 4.13. The number of aromatic amines is 1. The summed E-state index contributed by atoms with van der Waals surface area (Å²) in [5, 5.41) is 0.587. The number of hydrogen-bond acceptors (Lipinski definition) is 7. The first-order chi connectivity index (χ1) is 17.0. The van der Waals surface area contributed by atoms with Crippen LogP contribution in [0, 0.1) is 5.92 Å². The van der Waals surface area contributed by atoms with Crippen molar-refractivity contribution in [1.82, 2.24) is 9.97 Å². The van der Waals surface area contributed by atoms with Crippen LogP contribution in [-0.2, 0) is 16.4 Å². The molecule has 1 aliphatic rings. The van der Waals surface area contributed by atoms with Gasteiger partial charge in [-0.2, -0.15) is 0 Å². The van der Waals surface area contributed by atoms with Crippen molar-refractivity contribution in [2.45, 2.75) is 18.6 Å². The molecular formula is C26H25N3O4S2. The molecule has 5 rings (SSSR count). The average Bonchev–Trinajstić information content (AvgIpc) is 3.54. The van der Waals surface area contributed by atoms with Gasteiger partial charge in [-0.1, -0.05) is 37.3 Å². The Hall–Kier alpha value is -3.30. The van der Waals surface area contributed by atoms with Gasteiger partial charge in [0.05, 0.1) is 34.6 Å². The number of anilines is 1. The Kier molecular flexibility index (Phi) is 6.53. The second-order valence-corrected chi connectivity index (χ2v) is 11.6. The minimum Gasteiger partial charge on any atom is -0.489 e. The average molecular weight is 508 g/mol. The van der Waals surface area contributed by atoms with E-state index in [4.69, 9.17) is 4.74 Å². The summed E-state index contributed by atoms with van der Waals surface area (Å²) < 4.78 is 33.9. The molecule has 1 aliphatic heterocycles. The summed E-state index contributed by atoms with van der Waals surface area (Å²) >= 11 is 1.55. The molecule has 2 aromatic carbocycles. The van der Waals surface area contributed by atoms with E-state index in [-0.39, 0.29) is 28.0 Å². The number of benzene rings is 2. The van der Waals surface area contributed by atoms with Crippen molar-refractivity contribution < 1.29 is 17.9 Å². The molecule has 0 aliphatic carbocycles. The van der Waals surface area contributed by atoms with E-state index in [2.05, 4.69) is 9.97 Å². The van der Waals surface area contributed by atoms with Gasteiger partial charge < -0.3 is 14.0 Å². The largest absolute Gasteiger partial charge is 0.489 e. The van der Waals surface area contributed by atoms with E-state index in [1.165, 1.54) is 0 Å². The van der Waals surface area contributed by atoms with Gasteiger partial charge in [0.25, 0.3) is 0 Å². The summed E-state index contributed by atoms with van der Waals surface area (Å²) in [5.74, 6) is 0.573. The van der Waals surface area contributed by atoms with Crippen molar-refractivity contribution in [3.63, 3.8) is 0 Å². The number of Topliss-reactive ketones (excluding diaryl/α,β-unsaturated/α-hetero) is 1. The van der Waals surface area contributed by atoms with E-state index in [1.54, 1.807) is 49.5 Å². The molecule has 0 radical (unpaired) electrons. The molecule has 4 aromatic rings. The lowest BCUT2D eigenvalue weighted by Crippen LogP contribution is -2.23. The van der Waals surface area contributed by atoms with Crippen molar-refractivity contribution in [2.24, 2.45) is 5.92 Å². The van der Waals surface area contributed by atoms with Crippen LogP contribution in [0.2, 0.25) is 0 Å². The van der Waals surface area contributed by atoms with Gasteiger partial charge in [-0.3, -0.25) is 9.78 Å². The van der Waals surface area contributed by atoms with E-state index in [1.807, 2.05) is 46.8 Å². The highest BCUT2D eigenvalue weighted by atomic mass is 32.2. The van der Waals surface area contributed by atoms with Gasteiger partial charge >= 0.3 is 0 Å². The summed E-state index contributed by atoms with van der Waals surface area (Å²) in [6.45, 7) is 2.47. The van der Waals surface area contributed by atoms with Crippen LogP contribution in [-0.4, -0.2) is 42.2 Å². The first kappa shape index (κ1) is 23.4. The number of nitrogens with zero attached hydrogens (tertiary/aromatic N) is 2. The number of ketones is 1. The van der Waals surface area contributed by atoms with Crippen LogP contribution in [0.5, 0.6) is 5.75 Å². The predicted octanol–water partition coefficient (Wildman–Crippen LogP) is 4.90. The second-order valence-electron chi connectivity index (χ2n) is 8.34. The first-order valence-corrected chi connectivity index (χ1v) is 14.0. The van der Waals surface area contributed by atoms with E-state index in [0.717, 1.165) is 11.3 Å². The molecular weight excluding hydrogens is 482 g/mol. The lowest BCUT2D eigenvalue weighted by Gasteiger charge is -2.16. The molecule has 1 saturated heterocycles. The number of rotatable bonds is 8. The number of hydrogen-bond donors (Lipinski definition) is 1. The molecule has 2 aromatic heterocycles. The number of pyridine rings is 1. The van der Waals surface area contributed by atoms with Crippen LogP contribution in [0.25, 0.3) is 10.9 Å². The zero-order valence-corrected chi connectivity index (χ0v) is 20.8. The van der Waals surface area contributed by atoms with Crippen molar-refractivity contribution in [1.29, 1.82) is 0 Å². The summed E-state index contributed by atoms with van der Waals surface area (Å²) in [4.78, 5) is 20.9. The van der Waals surface area contributed by atoms with Crippen molar-refractivity contribution in [2.75, 3.05) is 22.4 Å². The third kappa shape index (κ3) is 4.78. The minimum absolute atomic E-state index is 0.00922. The molecule has 1 N–H and O–H groups in total. The molecule has 0 amide bonds. The van der Waals surface area contributed by atoms with Crippen LogP contribution in [0.4, 0.5) is 5.69 Å². The quantitative estimate of drug-likeness (QED) is 0.268. The smallest absolute Gasteiger partial charge is 0.194 e. The minimum atomic E-state index is -3.65. The van der Waals surface area contributed by atoms with Crippen molar-refractivity contribution in [3.8, 4) is 5.75 Å². The maximum atomic E-state index is 13.7. The Morgan fingerprint density at radius 3 is 2.74 bits per heavy atom. The number of fused-ring (bicyclic) bond motifs is 1. The highest BCUT2D eigenvalue weighted by Gasteiger charge is 2.35. The van der Waals surface area contributed by atoms with Crippen LogP contribution < -0.4 is 9.04 Å². The molecule has 0 bridgehead atoms. The lowest BCUT2D eigenvalue weighted by molar-refractivity contribution is 0.0938. The Labute approximate surface area is 208 Å². The van der Waals surface area contributed by atoms with Gasteiger partial charge in [0, 0.05) is 29.9 Å². The van der Waals surface area contributed by atoms with Crippen LogP contribution in [0.15, 0.2) is 78.1 Å². The van der Waals surface area contributed by atoms with E-state index in [0.29, 0.717) is 35.6 Å². The fraction of sp³-hybridized carbons (Fsp3) is 0.231. The Morgan fingerprint density at radius 2 is 2.00 bits per heavy atom. The molecule has 1 unspecified atom stereocenters. The monoisotopic (exact) mass is 507 g/mol. The molecule has 1 fully saturated rings. The summed E-state index contributed by atoms with van der Waals surface area (Å²) in [5.41, 5.74) is 2.77. The van der Waals surface area contributed by atoms with Crippen molar-refractivity contribution >= 4 is 44.2 Å². The zero-order chi connectivity index (χ0) is 24.4. The topological polar surface area (TPSA) is 92.4 Å². The number of carbonyl (C=O) groups excluding carboxylic acids is 1. The highest BCUT2D eigenvalue weighted by molar-refractivity contribution is 8.01. The maximum absolute atomic E-state index is 13.7. The van der Waals surface area contributed by atoms with E-state index in [9.17, 15) is 13.2 Å².